The van der Waals surface area contributed by atoms with E-state index in [-0.39, 0.29) is 5.48 Å². The van der Waals surface area contributed by atoms with Crippen LogP contribution in [-0.4, -0.2) is 10.6 Å². The van der Waals surface area contributed by atoms with Gasteiger partial charge in [0.1, 0.15) is 16.5 Å². The summed E-state index contributed by atoms with van der Waals surface area (Å²) in [6.07, 6.45) is 0. The molecule has 0 atom stereocenters. The van der Waals surface area contributed by atoms with Gasteiger partial charge in [0.2, 0.25) is 0 Å². The summed E-state index contributed by atoms with van der Waals surface area (Å²) in [7, 11) is 0.345. The van der Waals surface area contributed by atoms with Crippen LogP contribution in [0.4, 0.5) is 0 Å². The Morgan fingerprint density at radius 1 is 1.00 bits per heavy atom. The predicted molar refractivity (Wildman–Crippen MR) is 66.2 cm³/mol. The van der Waals surface area contributed by atoms with Gasteiger partial charge in [0, 0.05) is 0 Å². The molecule has 1 aromatic rings. The number of rotatable bonds is 1. The molecule has 1 heterocycles. The van der Waals surface area contributed by atoms with Crippen LogP contribution in [0, 0.1) is 15.3 Å². The highest BCUT2D eigenvalue weighted by Gasteiger charge is 1.87. The van der Waals surface area contributed by atoms with Crippen LogP contribution in [0.15, 0.2) is 47.2 Å². The summed E-state index contributed by atoms with van der Waals surface area (Å²) in [5.41, 5.74) is 0. The molecule has 2 N–H and O–H groups in total. The number of hydrogen-bond donors (Lipinski definition) is 0. The van der Waals surface area contributed by atoms with Crippen molar-refractivity contribution in [2.75, 3.05) is 0 Å². The van der Waals surface area contributed by atoms with Crippen LogP contribution in [0.2, 0.25) is 0 Å². The molecule has 6 heteroatoms. The average molecular weight is 245 g/mol. The highest BCUT2D eigenvalue weighted by Crippen LogP contribution is 2.12. The van der Waals surface area contributed by atoms with Crippen LogP contribution in [0.1, 0.15) is 6.92 Å². The molecule has 0 radical (unpaired) electrons. The third-order valence-corrected chi connectivity index (χ3v) is 3.08. The van der Waals surface area contributed by atoms with E-state index in [1.54, 1.807) is 0 Å². The van der Waals surface area contributed by atoms with Gasteiger partial charge in [-0.3, -0.25) is 0 Å². The number of aryl methyl sites for hydroxylation is 1. The van der Waals surface area contributed by atoms with Crippen LogP contribution in [-0.2, 0) is 5.75 Å². The maximum atomic E-state index is 8.25. The SMILES string of the molecule is CC[s+]1cccccccc1.O.O=[N+]([O-])[O-]. The first-order chi connectivity index (χ1) is 7.16. The smallest absolute Gasteiger partial charge is 0.137 e. The third-order valence-electron chi connectivity index (χ3n) is 1.40. The Bertz CT molecular complexity index is 311. The Morgan fingerprint density at radius 2 is 1.31 bits per heavy atom. The topological polar surface area (TPSA) is 97.7 Å². The van der Waals surface area contributed by atoms with Gasteiger partial charge in [-0.2, -0.15) is 0 Å². The molecule has 0 saturated carbocycles. The largest absolute Gasteiger partial charge is 0.412 e. The Balaban J connectivity index is 0. The zero-order chi connectivity index (χ0) is 11.5. The first kappa shape index (κ1) is 16.8. The summed E-state index contributed by atoms with van der Waals surface area (Å²) in [5.74, 6) is 1.20. The molecular weight excluding hydrogens is 230 g/mol. The molecule has 0 saturated heterocycles. The molecule has 5 nitrogen and oxygen atoms in total. The van der Waals surface area contributed by atoms with Gasteiger partial charge < -0.3 is 20.8 Å². The molecule has 1 aromatic heterocycles. The Kier molecular flexibility index (Phi) is 12.0. The Hall–Kier alpha value is -1.66. The first-order valence-electron chi connectivity index (χ1n) is 4.35. The third kappa shape index (κ3) is 12.3. The van der Waals surface area contributed by atoms with E-state index in [0.717, 1.165) is 0 Å². The van der Waals surface area contributed by atoms with Crippen molar-refractivity contribution < 1.29 is 10.6 Å². The van der Waals surface area contributed by atoms with Crippen molar-refractivity contribution in [2.45, 2.75) is 12.7 Å². The lowest BCUT2D eigenvalue weighted by molar-refractivity contribution is -0.402. The predicted octanol–water partition coefficient (Wildman–Crippen LogP) is 2.52. The molecule has 0 aromatic carbocycles. The molecule has 90 valence electrons. The molecule has 0 spiro atoms. The second-order valence-corrected chi connectivity index (χ2v) is 4.47. The molecule has 0 unspecified atom stereocenters. The lowest BCUT2D eigenvalue weighted by Gasteiger charge is -1.76. The lowest BCUT2D eigenvalue weighted by Crippen LogP contribution is -1.74. The van der Waals surface area contributed by atoms with E-state index in [4.69, 9.17) is 15.3 Å². The summed E-state index contributed by atoms with van der Waals surface area (Å²) in [4.78, 5) is 8.25. The Labute approximate surface area is 96.7 Å². The molecule has 0 bridgehead atoms. The monoisotopic (exact) mass is 245 g/mol. The maximum Gasteiger partial charge on any atom is 0.137 e. The average Bonchev–Trinajstić information content (AvgIpc) is 2.29. The maximum absolute atomic E-state index is 8.25. The summed E-state index contributed by atoms with van der Waals surface area (Å²) >= 11 is 0. The Morgan fingerprint density at radius 3 is 1.62 bits per heavy atom. The summed E-state index contributed by atoms with van der Waals surface area (Å²) in [6.45, 7) is 2.21. The highest BCUT2D eigenvalue weighted by molar-refractivity contribution is 7.27. The number of hydrogen-bond acceptors (Lipinski definition) is 3. The van der Waals surface area contributed by atoms with Crippen molar-refractivity contribution >= 4 is 10.5 Å². The van der Waals surface area contributed by atoms with E-state index in [9.17, 15) is 0 Å². The zero-order valence-electron chi connectivity index (χ0n) is 8.91. The van der Waals surface area contributed by atoms with Gasteiger partial charge in [-0.25, -0.2) is 0 Å². The van der Waals surface area contributed by atoms with E-state index in [1.165, 1.54) is 5.75 Å². The quantitative estimate of drug-likeness (QED) is 0.431. The fraction of sp³-hybridized carbons (Fsp3) is 0.200. The van der Waals surface area contributed by atoms with E-state index in [2.05, 4.69) is 41.9 Å². The van der Waals surface area contributed by atoms with Crippen LogP contribution >= 0.6 is 10.5 Å². The van der Waals surface area contributed by atoms with Crippen LogP contribution < -0.4 is 0 Å². The summed E-state index contributed by atoms with van der Waals surface area (Å²) in [5, 5.41) is 19.2. The first-order valence-corrected chi connectivity index (χ1v) is 5.87. The molecule has 1 rings (SSSR count). The van der Waals surface area contributed by atoms with Crippen LogP contribution in [0.3, 0.4) is 0 Å². The fourth-order valence-corrected chi connectivity index (χ4v) is 1.85. The second kappa shape index (κ2) is 11.4. The van der Waals surface area contributed by atoms with Crippen molar-refractivity contribution in [1.82, 2.24) is 0 Å². The summed E-state index contributed by atoms with van der Waals surface area (Å²) in [6, 6.07) is 12.5. The highest BCUT2D eigenvalue weighted by atomic mass is 32.2. The fourth-order valence-electron chi connectivity index (χ4n) is 0.787. The second-order valence-electron chi connectivity index (χ2n) is 2.41. The normalized spacial score (nSPS) is 7.56. The van der Waals surface area contributed by atoms with Gasteiger partial charge in [-0.05, 0) is 29.5 Å². The molecule has 0 aliphatic heterocycles. The van der Waals surface area contributed by atoms with E-state index < -0.39 is 5.09 Å². The minimum absolute atomic E-state index is 0. The molecular formula is C10H15NO4S. The van der Waals surface area contributed by atoms with Crippen molar-refractivity contribution in [2.24, 2.45) is 0 Å². The zero-order valence-corrected chi connectivity index (χ0v) is 9.72. The van der Waals surface area contributed by atoms with Crippen LogP contribution in [0.5, 0.6) is 0 Å². The van der Waals surface area contributed by atoms with Crippen molar-refractivity contribution in [3.8, 4) is 0 Å². The van der Waals surface area contributed by atoms with Crippen LogP contribution in [0.25, 0.3) is 0 Å². The molecule has 0 amide bonds. The molecule has 0 aliphatic carbocycles. The van der Waals surface area contributed by atoms with E-state index >= 15 is 0 Å². The van der Waals surface area contributed by atoms with Crippen molar-refractivity contribution in [3.63, 3.8) is 0 Å². The van der Waals surface area contributed by atoms with Crippen molar-refractivity contribution in [1.29, 1.82) is 0 Å². The van der Waals surface area contributed by atoms with Gasteiger partial charge in [-0.1, -0.05) is 24.3 Å². The molecule has 16 heavy (non-hydrogen) atoms. The lowest BCUT2D eigenvalue weighted by atomic mass is 10.5. The van der Waals surface area contributed by atoms with Gasteiger partial charge in [0.05, 0.1) is 5.09 Å². The standard InChI is InChI=1S/C10H13S.NO3.H2O/c1-2-11-9-7-5-3-4-6-8-10-11;2-1(3)4;/h3-10H,2H2,1H3;;1H2/q+1;-1;. The number of nitrogens with zero attached hydrogens (tertiary/aromatic N) is 1. The van der Waals surface area contributed by atoms with Crippen molar-refractivity contribution in [3.05, 3.63) is 62.5 Å². The van der Waals surface area contributed by atoms with Gasteiger partial charge >= 0.3 is 0 Å². The van der Waals surface area contributed by atoms with Gasteiger partial charge in [0.15, 0.2) is 0 Å². The molecule has 0 aliphatic rings. The molecule has 0 fully saturated rings. The minimum atomic E-state index is -1.75. The van der Waals surface area contributed by atoms with E-state index in [1.807, 2.05) is 12.1 Å². The van der Waals surface area contributed by atoms with E-state index in [0.29, 0.717) is 10.5 Å². The van der Waals surface area contributed by atoms with Gasteiger partial charge in [0.25, 0.3) is 0 Å². The summed E-state index contributed by atoms with van der Waals surface area (Å²) < 4.78 is 0. The minimum Gasteiger partial charge on any atom is -0.412 e. The van der Waals surface area contributed by atoms with Gasteiger partial charge in [-0.15, -0.1) is 0 Å².